The molecule has 92 valence electrons. The highest BCUT2D eigenvalue weighted by Crippen LogP contribution is 1.91. The molecule has 0 rings (SSSR count). The van der Waals surface area contributed by atoms with Crippen LogP contribution in [-0.2, 0) is 9.53 Å². The van der Waals surface area contributed by atoms with E-state index in [-0.39, 0.29) is 18.4 Å². The van der Waals surface area contributed by atoms with Crippen LogP contribution in [0.4, 0.5) is 0 Å². The van der Waals surface area contributed by atoms with Crippen LogP contribution in [0.3, 0.4) is 0 Å². The smallest absolute Gasteiger partial charge is 0.333 e. The Morgan fingerprint density at radius 3 is 2.13 bits per heavy atom. The highest BCUT2D eigenvalue weighted by atomic mass is 35.5. The van der Waals surface area contributed by atoms with Crippen LogP contribution in [0.25, 0.3) is 0 Å². The van der Waals surface area contributed by atoms with Crippen molar-refractivity contribution in [2.75, 3.05) is 33.8 Å². The second kappa shape index (κ2) is 13.4. The Morgan fingerprint density at radius 2 is 1.87 bits per heavy atom. The SMILES string of the molecule is C=C(C)C(=O)OCCN(C)C.CCN.Cl. The van der Waals surface area contributed by atoms with Crippen LogP contribution in [0.2, 0.25) is 0 Å². The Balaban J connectivity index is -0.000000320. The van der Waals surface area contributed by atoms with Crippen LogP contribution in [0.1, 0.15) is 13.8 Å². The molecule has 0 amide bonds. The normalized spacial score (nSPS) is 8.40. The Morgan fingerprint density at radius 1 is 1.47 bits per heavy atom. The number of likely N-dealkylation sites (N-methyl/N-ethyl adjacent to an activating group) is 1. The van der Waals surface area contributed by atoms with Crippen LogP contribution in [0.15, 0.2) is 12.2 Å². The van der Waals surface area contributed by atoms with E-state index in [1.54, 1.807) is 6.92 Å². The van der Waals surface area contributed by atoms with E-state index in [4.69, 9.17) is 10.5 Å². The maximum Gasteiger partial charge on any atom is 0.333 e. The van der Waals surface area contributed by atoms with Gasteiger partial charge in [-0.3, -0.25) is 0 Å². The molecule has 0 unspecified atom stereocenters. The van der Waals surface area contributed by atoms with Crippen molar-refractivity contribution in [2.24, 2.45) is 5.73 Å². The number of esters is 1. The van der Waals surface area contributed by atoms with Crippen LogP contribution < -0.4 is 5.73 Å². The zero-order valence-corrected chi connectivity index (χ0v) is 10.9. The first-order valence-electron chi connectivity index (χ1n) is 4.63. The number of rotatable bonds is 4. The molecular formula is C10H23ClN2O2. The van der Waals surface area contributed by atoms with Gasteiger partial charge in [-0.25, -0.2) is 4.79 Å². The fourth-order valence-corrected chi connectivity index (χ4v) is 0.444. The van der Waals surface area contributed by atoms with Gasteiger partial charge in [-0.1, -0.05) is 13.5 Å². The molecule has 5 heteroatoms. The van der Waals surface area contributed by atoms with Gasteiger partial charge in [-0.2, -0.15) is 0 Å². The quantitative estimate of drug-likeness (QED) is 0.588. The monoisotopic (exact) mass is 238 g/mol. The summed E-state index contributed by atoms with van der Waals surface area (Å²) >= 11 is 0. The molecular weight excluding hydrogens is 216 g/mol. The van der Waals surface area contributed by atoms with Crippen LogP contribution in [0, 0.1) is 0 Å². The molecule has 0 saturated carbocycles. The summed E-state index contributed by atoms with van der Waals surface area (Å²) in [7, 11) is 3.85. The van der Waals surface area contributed by atoms with Crippen molar-refractivity contribution >= 4 is 18.4 Å². The van der Waals surface area contributed by atoms with Crippen molar-refractivity contribution < 1.29 is 9.53 Å². The zero-order chi connectivity index (χ0) is 11.6. The number of nitrogens with two attached hydrogens (primary N) is 1. The van der Waals surface area contributed by atoms with E-state index < -0.39 is 0 Å². The number of hydrogen-bond donors (Lipinski definition) is 1. The fourth-order valence-electron chi connectivity index (χ4n) is 0.444. The third-order valence-corrected chi connectivity index (χ3v) is 1.12. The predicted molar refractivity (Wildman–Crippen MR) is 66.3 cm³/mol. The molecule has 2 N–H and O–H groups in total. The minimum Gasteiger partial charge on any atom is -0.461 e. The lowest BCUT2D eigenvalue weighted by Crippen LogP contribution is -2.20. The summed E-state index contributed by atoms with van der Waals surface area (Å²) in [5, 5.41) is 0. The summed E-state index contributed by atoms with van der Waals surface area (Å²) in [6.07, 6.45) is 0. The predicted octanol–water partition coefficient (Wildman–Crippen LogP) is 1.05. The van der Waals surface area contributed by atoms with E-state index in [1.807, 2.05) is 25.9 Å². The minimum absolute atomic E-state index is 0. The van der Waals surface area contributed by atoms with E-state index in [2.05, 4.69) is 6.58 Å². The lowest BCUT2D eigenvalue weighted by molar-refractivity contribution is -0.139. The molecule has 0 aliphatic heterocycles. The van der Waals surface area contributed by atoms with Gasteiger partial charge < -0.3 is 15.4 Å². The first-order valence-corrected chi connectivity index (χ1v) is 4.63. The van der Waals surface area contributed by atoms with Gasteiger partial charge in [-0.15, -0.1) is 12.4 Å². The number of carbonyl (C=O) groups is 1. The molecule has 15 heavy (non-hydrogen) atoms. The Hall–Kier alpha value is -0.580. The standard InChI is InChI=1S/C8H15NO2.C2H7N.ClH/c1-7(2)8(10)11-6-5-9(3)4;1-2-3;/h1,5-6H2,2-4H3;2-3H2,1H3;1H. The van der Waals surface area contributed by atoms with Gasteiger partial charge in [0.05, 0.1) is 0 Å². The van der Waals surface area contributed by atoms with Gasteiger partial charge in [0.1, 0.15) is 6.61 Å². The minimum atomic E-state index is -0.313. The molecule has 0 aromatic heterocycles. The lowest BCUT2D eigenvalue weighted by Gasteiger charge is -2.09. The number of ether oxygens (including phenoxy) is 1. The van der Waals surface area contributed by atoms with Crippen LogP contribution in [0.5, 0.6) is 0 Å². The largest absolute Gasteiger partial charge is 0.461 e. The Bertz CT molecular complexity index is 173. The van der Waals surface area contributed by atoms with E-state index in [0.717, 1.165) is 13.1 Å². The molecule has 0 spiro atoms. The molecule has 4 nitrogen and oxygen atoms in total. The number of nitrogens with zero attached hydrogens (tertiary/aromatic N) is 1. The highest BCUT2D eigenvalue weighted by Gasteiger charge is 2.01. The molecule has 0 heterocycles. The van der Waals surface area contributed by atoms with Crippen LogP contribution in [-0.4, -0.2) is 44.7 Å². The third-order valence-electron chi connectivity index (χ3n) is 1.12. The molecule has 0 saturated heterocycles. The first kappa shape index (κ1) is 19.9. The maximum atomic E-state index is 10.8. The topological polar surface area (TPSA) is 55.6 Å². The van der Waals surface area contributed by atoms with E-state index in [0.29, 0.717) is 12.2 Å². The van der Waals surface area contributed by atoms with Gasteiger partial charge in [0.25, 0.3) is 0 Å². The molecule has 0 aliphatic carbocycles. The van der Waals surface area contributed by atoms with Crippen molar-refractivity contribution in [1.82, 2.24) is 4.90 Å². The fraction of sp³-hybridized carbons (Fsp3) is 0.700. The highest BCUT2D eigenvalue weighted by molar-refractivity contribution is 5.86. The third kappa shape index (κ3) is 19.7. The van der Waals surface area contributed by atoms with Gasteiger partial charge in [0.2, 0.25) is 0 Å². The van der Waals surface area contributed by atoms with Gasteiger partial charge >= 0.3 is 5.97 Å². The van der Waals surface area contributed by atoms with E-state index in [1.165, 1.54) is 0 Å². The summed E-state index contributed by atoms with van der Waals surface area (Å²) in [5.41, 5.74) is 5.30. The Labute approximate surface area is 98.9 Å². The zero-order valence-electron chi connectivity index (χ0n) is 10.1. The average Bonchev–Trinajstić information content (AvgIpc) is 2.04. The summed E-state index contributed by atoms with van der Waals surface area (Å²) < 4.78 is 4.83. The van der Waals surface area contributed by atoms with E-state index >= 15 is 0 Å². The molecule has 0 aromatic carbocycles. The molecule has 0 aromatic rings. The second-order valence-electron chi connectivity index (χ2n) is 3.13. The van der Waals surface area contributed by atoms with Gasteiger partial charge in [0, 0.05) is 12.1 Å². The second-order valence-corrected chi connectivity index (χ2v) is 3.13. The van der Waals surface area contributed by atoms with Crippen molar-refractivity contribution in [3.8, 4) is 0 Å². The summed E-state index contributed by atoms with van der Waals surface area (Å²) in [5.74, 6) is -0.313. The molecule has 0 fully saturated rings. The van der Waals surface area contributed by atoms with Crippen molar-refractivity contribution in [1.29, 1.82) is 0 Å². The average molecular weight is 239 g/mol. The summed E-state index contributed by atoms with van der Waals surface area (Å²) in [6, 6.07) is 0. The van der Waals surface area contributed by atoms with Gasteiger partial charge in [0.15, 0.2) is 0 Å². The van der Waals surface area contributed by atoms with Gasteiger partial charge in [-0.05, 0) is 27.6 Å². The van der Waals surface area contributed by atoms with Crippen LogP contribution >= 0.6 is 12.4 Å². The van der Waals surface area contributed by atoms with Crippen molar-refractivity contribution in [2.45, 2.75) is 13.8 Å². The molecule has 0 bridgehead atoms. The Kier molecular flexibility index (Phi) is 17.8. The molecule has 0 atom stereocenters. The van der Waals surface area contributed by atoms with Crippen molar-refractivity contribution in [3.63, 3.8) is 0 Å². The molecule has 0 aliphatic rings. The number of hydrogen-bond acceptors (Lipinski definition) is 4. The number of halogens is 1. The maximum absolute atomic E-state index is 10.8. The summed E-state index contributed by atoms with van der Waals surface area (Å²) in [4.78, 5) is 12.7. The van der Waals surface area contributed by atoms with E-state index in [9.17, 15) is 4.79 Å². The lowest BCUT2D eigenvalue weighted by atomic mass is 10.4. The first-order chi connectivity index (χ1) is 6.45. The summed E-state index contributed by atoms with van der Waals surface area (Å²) in [6.45, 7) is 8.93. The number of carbonyl (C=O) groups excluding carboxylic acids is 1. The van der Waals surface area contributed by atoms with Crippen molar-refractivity contribution in [3.05, 3.63) is 12.2 Å². The molecule has 0 radical (unpaired) electrons.